The molecule has 0 aliphatic carbocycles. The third-order valence-electron chi connectivity index (χ3n) is 4.31. The molecule has 0 atom stereocenters. The number of methoxy groups -OCH3 is 2. The lowest BCUT2D eigenvalue weighted by Crippen LogP contribution is -2.40. The van der Waals surface area contributed by atoms with Gasteiger partial charge in [-0.05, 0) is 36.6 Å². The van der Waals surface area contributed by atoms with Gasteiger partial charge in [-0.2, -0.15) is 4.31 Å². The summed E-state index contributed by atoms with van der Waals surface area (Å²) in [6.45, 7) is 2.53. The van der Waals surface area contributed by atoms with E-state index in [0.717, 1.165) is 11.1 Å². The number of aryl methyl sites for hydroxylation is 1. The van der Waals surface area contributed by atoms with E-state index >= 15 is 0 Å². The zero-order valence-corrected chi connectivity index (χ0v) is 17.9. The monoisotopic (exact) mass is 420 g/mol. The summed E-state index contributed by atoms with van der Waals surface area (Å²) < 4.78 is 38.2. The first-order valence-electron chi connectivity index (χ1n) is 9.33. The van der Waals surface area contributed by atoms with Gasteiger partial charge >= 0.3 is 0 Å². The van der Waals surface area contributed by atoms with Gasteiger partial charge in [0.15, 0.2) is 0 Å². The molecule has 0 bridgehead atoms. The first kappa shape index (κ1) is 22.9. The first-order valence-corrected chi connectivity index (χ1v) is 10.8. The summed E-state index contributed by atoms with van der Waals surface area (Å²) in [5, 5.41) is 2.74. The van der Waals surface area contributed by atoms with E-state index in [2.05, 4.69) is 5.32 Å². The topological polar surface area (TPSA) is 84.9 Å². The van der Waals surface area contributed by atoms with E-state index in [1.807, 2.05) is 37.3 Å². The molecule has 0 unspecified atom stereocenters. The second-order valence-corrected chi connectivity index (χ2v) is 8.52. The minimum Gasteiger partial charge on any atom is -0.495 e. The number of hydrogen-bond acceptors (Lipinski definition) is 5. The van der Waals surface area contributed by atoms with Crippen molar-refractivity contribution in [2.45, 2.75) is 24.8 Å². The lowest BCUT2D eigenvalue weighted by molar-refractivity contribution is -0.121. The number of ether oxygens (including phenoxy) is 2. The fourth-order valence-corrected chi connectivity index (χ4v) is 4.42. The standard InChI is InChI=1S/C21H28N2O5S/c1-17-10-11-19(28-3)20(14-17)29(25,26)23(15-18-8-5-4-6-9-18)16-21(24)22-12-7-13-27-2/h4-6,8-11,14H,7,12-13,15-16H2,1-3H3,(H,22,24). The molecule has 29 heavy (non-hydrogen) atoms. The van der Waals surface area contributed by atoms with Crippen LogP contribution >= 0.6 is 0 Å². The Morgan fingerprint density at radius 1 is 1.10 bits per heavy atom. The fourth-order valence-electron chi connectivity index (χ4n) is 2.80. The van der Waals surface area contributed by atoms with Crippen LogP contribution in [0.3, 0.4) is 0 Å². The molecular formula is C21H28N2O5S. The van der Waals surface area contributed by atoms with Crippen molar-refractivity contribution in [2.75, 3.05) is 33.9 Å². The summed E-state index contributed by atoms with van der Waals surface area (Å²) in [7, 11) is -0.959. The maximum Gasteiger partial charge on any atom is 0.247 e. The molecule has 2 aromatic carbocycles. The maximum atomic E-state index is 13.4. The van der Waals surface area contributed by atoms with Crippen molar-refractivity contribution in [3.8, 4) is 5.75 Å². The SMILES string of the molecule is COCCCNC(=O)CN(Cc1ccccc1)S(=O)(=O)c1cc(C)ccc1OC. The predicted octanol–water partition coefficient (Wildman–Crippen LogP) is 2.35. The lowest BCUT2D eigenvalue weighted by Gasteiger charge is -2.23. The van der Waals surface area contributed by atoms with Crippen LogP contribution in [0.1, 0.15) is 17.5 Å². The Hall–Kier alpha value is -2.42. The molecule has 0 aliphatic rings. The van der Waals surface area contributed by atoms with Gasteiger partial charge in [0.1, 0.15) is 10.6 Å². The molecule has 2 aromatic rings. The maximum absolute atomic E-state index is 13.4. The molecule has 2 rings (SSSR count). The number of benzene rings is 2. The smallest absolute Gasteiger partial charge is 0.247 e. The highest BCUT2D eigenvalue weighted by Gasteiger charge is 2.29. The van der Waals surface area contributed by atoms with E-state index in [0.29, 0.717) is 19.6 Å². The summed E-state index contributed by atoms with van der Waals surface area (Å²) in [5.74, 6) is -0.124. The van der Waals surface area contributed by atoms with Crippen molar-refractivity contribution in [1.29, 1.82) is 0 Å². The Labute approximate surface area is 172 Å². The molecule has 7 nitrogen and oxygen atoms in total. The van der Waals surface area contributed by atoms with E-state index in [1.54, 1.807) is 25.3 Å². The molecule has 0 saturated carbocycles. The van der Waals surface area contributed by atoms with Crippen molar-refractivity contribution in [3.63, 3.8) is 0 Å². The van der Waals surface area contributed by atoms with Crippen LogP contribution < -0.4 is 10.1 Å². The fraction of sp³-hybridized carbons (Fsp3) is 0.381. The van der Waals surface area contributed by atoms with Gasteiger partial charge in [0.25, 0.3) is 0 Å². The van der Waals surface area contributed by atoms with Crippen LogP contribution in [0.2, 0.25) is 0 Å². The van der Waals surface area contributed by atoms with Crippen LogP contribution in [0.25, 0.3) is 0 Å². The molecule has 1 amide bonds. The Morgan fingerprint density at radius 2 is 1.83 bits per heavy atom. The quantitative estimate of drug-likeness (QED) is 0.564. The van der Waals surface area contributed by atoms with Crippen LogP contribution in [0, 0.1) is 6.92 Å². The van der Waals surface area contributed by atoms with Gasteiger partial charge in [0.05, 0.1) is 13.7 Å². The van der Waals surface area contributed by atoms with Crippen molar-refractivity contribution < 1.29 is 22.7 Å². The third kappa shape index (κ3) is 6.56. The Morgan fingerprint density at radius 3 is 2.48 bits per heavy atom. The second kappa shape index (κ2) is 10.9. The average Bonchev–Trinajstić information content (AvgIpc) is 2.71. The molecule has 158 valence electrons. The number of carbonyl (C=O) groups excluding carboxylic acids is 1. The van der Waals surface area contributed by atoms with Crippen molar-refractivity contribution in [3.05, 3.63) is 59.7 Å². The largest absolute Gasteiger partial charge is 0.495 e. The molecule has 0 radical (unpaired) electrons. The first-order chi connectivity index (χ1) is 13.9. The number of sulfonamides is 1. The zero-order valence-electron chi connectivity index (χ0n) is 17.1. The lowest BCUT2D eigenvalue weighted by atomic mass is 10.2. The van der Waals surface area contributed by atoms with Crippen LogP contribution in [-0.4, -0.2) is 52.5 Å². The summed E-state index contributed by atoms with van der Waals surface area (Å²) >= 11 is 0. The number of hydrogen-bond donors (Lipinski definition) is 1. The summed E-state index contributed by atoms with van der Waals surface area (Å²) in [4.78, 5) is 12.5. The highest BCUT2D eigenvalue weighted by Crippen LogP contribution is 2.28. The summed E-state index contributed by atoms with van der Waals surface area (Å²) in [6, 6.07) is 14.1. The van der Waals surface area contributed by atoms with Gasteiger partial charge in [-0.25, -0.2) is 8.42 Å². The number of carbonyl (C=O) groups is 1. The Balaban J connectivity index is 2.30. The van der Waals surface area contributed by atoms with Crippen molar-refractivity contribution in [1.82, 2.24) is 9.62 Å². The van der Waals surface area contributed by atoms with Crippen LogP contribution in [0.4, 0.5) is 0 Å². The van der Waals surface area contributed by atoms with Gasteiger partial charge in [-0.15, -0.1) is 0 Å². The molecule has 0 heterocycles. The van der Waals surface area contributed by atoms with E-state index in [4.69, 9.17) is 9.47 Å². The Kier molecular flexibility index (Phi) is 8.63. The van der Waals surface area contributed by atoms with Crippen molar-refractivity contribution >= 4 is 15.9 Å². The molecule has 0 fully saturated rings. The van der Waals surface area contributed by atoms with Crippen molar-refractivity contribution in [2.24, 2.45) is 0 Å². The van der Waals surface area contributed by atoms with Gasteiger partial charge < -0.3 is 14.8 Å². The normalized spacial score (nSPS) is 11.4. The zero-order chi connectivity index (χ0) is 21.3. The highest BCUT2D eigenvalue weighted by molar-refractivity contribution is 7.89. The van der Waals surface area contributed by atoms with Crippen LogP contribution in [0.5, 0.6) is 5.75 Å². The number of rotatable bonds is 11. The van der Waals surface area contributed by atoms with E-state index in [9.17, 15) is 13.2 Å². The molecule has 1 N–H and O–H groups in total. The van der Waals surface area contributed by atoms with Gasteiger partial charge in [0, 0.05) is 26.8 Å². The second-order valence-electron chi connectivity index (χ2n) is 6.61. The minimum absolute atomic E-state index is 0.0446. The van der Waals surface area contributed by atoms with Crippen LogP contribution in [0.15, 0.2) is 53.4 Å². The third-order valence-corrected chi connectivity index (χ3v) is 6.12. The van der Waals surface area contributed by atoms with E-state index in [-0.39, 0.29) is 29.6 Å². The molecule has 0 spiro atoms. The van der Waals surface area contributed by atoms with E-state index < -0.39 is 10.0 Å². The molecule has 0 aliphatic heterocycles. The van der Waals surface area contributed by atoms with Gasteiger partial charge in [-0.3, -0.25) is 4.79 Å². The van der Waals surface area contributed by atoms with Crippen LogP contribution in [-0.2, 0) is 26.1 Å². The molecule has 8 heteroatoms. The predicted molar refractivity (Wildman–Crippen MR) is 111 cm³/mol. The minimum atomic E-state index is -3.97. The summed E-state index contributed by atoms with van der Waals surface area (Å²) in [5.41, 5.74) is 1.57. The average molecular weight is 421 g/mol. The number of amides is 1. The summed E-state index contributed by atoms with van der Waals surface area (Å²) in [6.07, 6.45) is 0.652. The van der Waals surface area contributed by atoms with Gasteiger partial charge in [-0.1, -0.05) is 36.4 Å². The molecular weight excluding hydrogens is 392 g/mol. The molecule has 0 saturated heterocycles. The number of nitrogens with zero attached hydrogens (tertiary/aromatic N) is 1. The number of nitrogens with one attached hydrogen (secondary N) is 1. The molecule has 0 aromatic heterocycles. The van der Waals surface area contributed by atoms with E-state index in [1.165, 1.54) is 11.4 Å². The Bertz CT molecular complexity index is 901. The highest BCUT2D eigenvalue weighted by atomic mass is 32.2. The van der Waals surface area contributed by atoms with Gasteiger partial charge in [0.2, 0.25) is 15.9 Å².